The molecule has 24 heavy (non-hydrogen) atoms. The fourth-order valence-corrected chi connectivity index (χ4v) is 2.33. The zero-order valence-electron chi connectivity index (χ0n) is 12.5. The number of carbonyl (C=O) groups excluding carboxylic acids is 1. The molecule has 1 atom stereocenters. The quantitative estimate of drug-likeness (QED) is 0.925. The van der Waals surface area contributed by atoms with Gasteiger partial charge in [-0.1, -0.05) is 17.3 Å². The number of hydrogen-bond acceptors (Lipinski definition) is 5. The van der Waals surface area contributed by atoms with Gasteiger partial charge in [-0.15, -0.1) is 0 Å². The van der Waals surface area contributed by atoms with E-state index >= 15 is 0 Å². The first-order valence-electron chi connectivity index (χ1n) is 7.34. The monoisotopic (exact) mass is 341 g/mol. The molecule has 1 aromatic carbocycles. The van der Waals surface area contributed by atoms with Crippen LogP contribution in [0.15, 0.2) is 28.8 Å². The van der Waals surface area contributed by atoms with Gasteiger partial charge in [0.05, 0.1) is 11.7 Å². The van der Waals surface area contributed by atoms with Crippen molar-refractivity contribution in [2.24, 2.45) is 0 Å². The maximum atomic E-state index is 12.5. The molecule has 3 rings (SSSR count). The molecular weight excluding hydrogens is 327 g/mol. The van der Waals surface area contributed by atoms with Crippen molar-refractivity contribution in [2.75, 3.05) is 13.2 Å². The minimum atomic E-state index is -4.41. The van der Waals surface area contributed by atoms with Gasteiger partial charge in [-0.3, -0.25) is 4.79 Å². The lowest BCUT2D eigenvalue weighted by Gasteiger charge is -2.08. The molecule has 0 bridgehead atoms. The fraction of sp³-hybridized carbons (Fsp3) is 0.400. The molecule has 0 unspecified atom stereocenters. The van der Waals surface area contributed by atoms with Gasteiger partial charge in [0.1, 0.15) is 0 Å². The molecule has 1 aliphatic heterocycles. The summed E-state index contributed by atoms with van der Waals surface area (Å²) >= 11 is 0. The van der Waals surface area contributed by atoms with Crippen LogP contribution in [-0.4, -0.2) is 35.3 Å². The van der Waals surface area contributed by atoms with Gasteiger partial charge in [0, 0.05) is 18.7 Å². The maximum absolute atomic E-state index is 12.5. The van der Waals surface area contributed by atoms with E-state index < -0.39 is 17.6 Å². The Hall–Kier alpha value is -2.42. The zero-order valence-corrected chi connectivity index (χ0v) is 12.5. The Morgan fingerprint density at radius 3 is 2.67 bits per heavy atom. The summed E-state index contributed by atoms with van der Waals surface area (Å²) < 4.78 is 47.8. The smallest absolute Gasteiger partial charge is 0.376 e. The van der Waals surface area contributed by atoms with Gasteiger partial charge in [0.25, 0.3) is 0 Å². The van der Waals surface area contributed by atoms with Crippen LogP contribution in [0, 0.1) is 0 Å². The molecule has 1 saturated heterocycles. The second-order valence-electron chi connectivity index (χ2n) is 5.34. The normalized spacial score (nSPS) is 17.9. The first kappa shape index (κ1) is 16.4. The predicted molar refractivity (Wildman–Crippen MR) is 76.0 cm³/mol. The SMILES string of the molecule is O=C(NC[C@H]1CCCO1)c1nc(-c2ccc(C(F)(F)F)cc2)no1. The van der Waals surface area contributed by atoms with E-state index in [1.807, 2.05) is 0 Å². The van der Waals surface area contributed by atoms with Crippen LogP contribution in [0.3, 0.4) is 0 Å². The van der Waals surface area contributed by atoms with Gasteiger partial charge in [-0.05, 0) is 25.0 Å². The molecule has 0 saturated carbocycles. The first-order valence-corrected chi connectivity index (χ1v) is 7.34. The van der Waals surface area contributed by atoms with Crippen molar-refractivity contribution < 1.29 is 27.2 Å². The summed E-state index contributed by atoms with van der Waals surface area (Å²) in [6.45, 7) is 1.02. The lowest BCUT2D eigenvalue weighted by molar-refractivity contribution is -0.137. The van der Waals surface area contributed by atoms with Crippen LogP contribution in [0.1, 0.15) is 29.1 Å². The number of ether oxygens (including phenoxy) is 1. The number of halogens is 3. The molecule has 0 spiro atoms. The topological polar surface area (TPSA) is 77.2 Å². The van der Waals surface area contributed by atoms with Crippen LogP contribution < -0.4 is 5.32 Å². The molecule has 1 aromatic heterocycles. The van der Waals surface area contributed by atoms with Gasteiger partial charge in [-0.2, -0.15) is 18.2 Å². The fourth-order valence-electron chi connectivity index (χ4n) is 2.33. The molecule has 2 heterocycles. The number of hydrogen-bond donors (Lipinski definition) is 1. The molecule has 1 aliphatic rings. The lowest BCUT2D eigenvalue weighted by atomic mass is 10.1. The van der Waals surface area contributed by atoms with Crippen molar-refractivity contribution in [2.45, 2.75) is 25.1 Å². The Balaban J connectivity index is 1.65. The number of benzene rings is 1. The molecular formula is C15H14F3N3O3. The highest BCUT2D eigenvalue weighted by atomic mass is 19.4. The van der Waals surface area contributed by atoms with Crippen molar-refractivity contribution in [3.8, 4) is 11.4 Å². The minimum Gasteiger partial charge on any atom is -0.376 e. The summed E-state index contributed by atoms with van der Waals surface area (Å²) in [5, 5.41) is 6.25. The zero-order chi connectivity index (χ0) is 17.2. The van der Waals surface area contributed by atoms with Crippen molar-refractivity contribution in [3.63, 3.8) is 0 Å². The van der Waals surface area contributed by atoms with Crippen LogP contribution in [0.2, 0.25) is 0 Å². The second-order valence-corrected chi connectivity index (χ2v) is 5.34. The minimum absolute atomic E-state index is 0.0220. The van der Waals surface area contributed by atoms with Crippen LogP contribution in [0.5, 0.6) is 0 Å². The van der Waals surface area contributed by atoms with E-state index in [2.05, 4.69) is 15.5 Å². The van der Waals surface area contributed by atoms with Gasteiger partial charge < -0.3 is 14.6 Å². The Morgan fingerprint density at radius 1 is 1.29 bits per heavy atom. The standard InChI is InChI=1S/C15H14F3N3O3/c16-15(17,18)10-5-3-9(4-6-10)12-20-14(24-21-12)13(22)19-8-11-2-1-7-23-11/h3-6,11H,1-2,7-8H2,(H,19,22)/t11-/m1/s1. The van der Waals surface area contributed by atoms with Gasteiger partial charge >= 0.3 is 18.0 Å². The Bertz CT molecular complexity index is 707. The summed E-state index contributed by atoms with van der Waals surface area (Å²) in [7, 11) is 0. The number of nitrogens with one attached hydrogen (secondary N) is 1. The number of amides is 1. The van der Waals surface area contributed by atoms with Crippen LogP contribution in [0.25, 0.3) is 11.4 Å². The molecule has 0 radical (unpaired) electrons. The third kappa shape index (κ3) is 3.73. The molecule has 2 aromatic rings. The highest BCUT2D eigenvalue weighted by Gasteiger charge is 2.30. The highest BCUT2D eigenvalue weighted by molar-refractivity contribution is 5.89. The number of nitrogens with zero attached hydrogens (tertiary/aromatic N) is 2. The lowest BCUT2D eigenvalue weighted by Crippen LogP contribution is -2.31. The number of aromatic nitrogens is 2. The highest BCUT2D eigenvalue weighted by Crippen LogP contribution is 2.30. The van der Waals surface area contributed by atoms with E-state index in [1.54, 1.807) is 0 Å². The summed E-state index contributed by atoms with van der Waals surface area (Å²) in [5.74, 6) is -0.745. The summed E-state index contributed by atoms with van der Waals surface area (Å²) in [4.78, 5) is 15.8. The van der Waals surface area contributed by atoms with E-state index in [1.165, 1.54) is 12.1 Å². The van der Waals surface area contributed by atoms with E-state index in [-0.39, 0.29) is 17.8 Å². The van der Waals surface area contributed by atoms with Crippen molar-refractivity contribution in [1.82, 2.24) is 15.5 Å². The van der Waals surface area contributed by atoms with Crippen LogP contribution >= 0.6 is 0 Å². The van der Waals surface area contributed by atoms with E-state index in [0.717, 1.165) is 25.0 Å². The van der Waals surface area contributed by atoms with Crippen molar-refractivity contribution >= 4 is 5.91 Å². The summed E-state index contributed by atoms with van der Waals surface area (Å²) in [6.07, 6.45) is -2.60. The molecule has 1 N–H and O–H groups in total. The van der Waals surface area contributed by atoms with Gasteiger partial charge in [0.15, 0.2) is 0 Å². The van der Waals surface area contributed by atoms with Crippen molar-refractivity contribution in [1.29, 1.82) is 0 Å². The van der Waals surface area contributed by atoms with Crippen LogP contribution in [-0.2, 0) is 10.9 Å². The van der Waals surface area contributed by atoms with E-state index in [9.17, 15) is 18.0 Å². The molecule has 0 aliphatic carbocycles. The summed E-state index contributed by atoms with van der Waals surface area (Å²) in [5.41, 5.74) is -0.450. The van der Waals surface area contributed by atoms with Gasteiger partial charge in [0.2, 0.25) is 5.82 Å². The number of alkyl halides is 3. The molecule has 6 nitrogen and oxygen atoms in total. The Labute approximate surface area is 135 Å². The average Bonchev–Trinajstić information content (AvgIpc) is 3.23. The molecule has 1 amide bonds. The number of carbonyl (C=O) groups is 1. The maximum Gasteiger partial charge on any atom is 0.416 e. The molecule has 9 heteroatoms. The number of rotatable bonds is 4. The molecule has 1 fully saturated rings. The van der Waals surface area contributed by atoms with Crippen molar-refractivity contribution in [3.05, 3.63) is 35.7 Å². The van der Waals surface area contributed by atoms with E-state index in [4.69, 9.17) is 9.26 Å². The Kier molecular flexibility index (Phi) is 4.52. The van der Waals surface area contributed by atoms with Crippen LogP contribution in [0.4, 0.5) is 13.2 Å². The second kappa shape index (κ2) is 6.60. The third-order valence-corrected chi connectivity index (χ3v) is 3.60. The van der Waals surface area contributed by atoms with Gasteiger partial charge in [-0.25, -0.2) is 0 Å². The third-order valence-electron chi connectivity index (χ3n) is 3.60. The van der Waals surface area contributed by atoms with E-state index in [0.29, 0.717) is 18.7 Å². The predicted octanol–water partition coefficient (Wildman–Crippen LogP) is 2.66. The largest absolute Gasteiger partial charge is 0.416 e. The molecule has 128 valence electrons. The average molecular weight is 341 g/mol. The first-order chi connectivity index (χ1) is 11.4. The Morgan fingerprint density at radius 2 is 2.04 bits per heavy atom. The summed E-state index contributed by atoms with van der Waals surface area (Å²) in [6, 6.07) is 4.29.